The van der Waals surface area contributed by atoms with Crippen LogP contribution in [0.25, 0.3) is 11.0 Å². The number of hydrogen-bond donors (Lipinski definition) is 2. The Bertz CT molecular complexity index is 1080. The molecule has 2 N–H and O–H groups in total. The number of nitrogens with one attached hydrogen (secondary N) is 2. The average molecular weight is 516 g/mol. The van der Waals surface area contributed by atoms with E-state index < -0.39 is 12.3 Å². The van der Waals surface area contributed by atoms with Gasteiger partial charge in [0.15, 0.2) is 6.23 Å². The van der Waals surface area contributed by atoms with Crippen molar-refractivity contribution >= 4 is 39.0 Å². The van der Waals surface area contributed by atoms with Gasteiger partial charge in [-0.3, -0.25) is 4.57 Å². The van der Waals surface area contributed by atoms with Gasteiger partial charge < -0.3 is 30.2 Å². The quantitative estimate of drug-likeness (QED) is 0.421. The van der Waals surface area contributed by atoms with Gasteiger partial charge in [-0.1, -0.05) is 18.2 Å². The molecule has 33 heavy (non-hydrogen) atoms. The van der Waals surface area contributed by atoms with Crippen LogP contribution in [0.1, 0.15) is 31.7 Å². The number of nitrogens with zero attached hydrogens (tertiary/aromatic N) is 4. The van der Waals surface area contributed by atoms with Gasteiger partial charge in [-0.05, 0) is 60.0 Å². The topological polar surface area (TPSA) is 107 Å². The zero-order chi connectivity index (χ0) is 23.2. The Morgan fingerprint density at radius 3 is 2.73 bits per heavy atom. The van der Waals surface area contributed by atoms with E-state index in [-0.39, 0.29) is 6.04 Å². The zero-order valence-corrected chi connectivity index (χ0v) is 20.1. The van der Waals surface area contributed by atoms with E-state index in [4.69, 9.17) is 9.72 Å². The van der Waals surface area contributed by atoms with Crippen LogP contribution in [0.5, 0.6) is 0 Å². The van der Waals surface area contributed by atoms with Crippen molar-refractivity contribution in [3.05, 3.63) is 52.8 Å². The van der Waals surface area contributed by atoms with Gasteiger partial charge >= 0.3 is 0 Å². The second-order valence-corrected chi connectivity index (χ2v) is 8.77. The molecule has 0 bridgehead atoms. The first-order chi connectivity index (χ1) is 16.0. The van der Waals surface area contributed by atoms with Crippen molar-refractivity contribution < 1.29 is 14.6 Å². The van der Waals surface area contributed by atoms with Crippen molar-refractivity contribution in [2.45, 2.75) is 32.0 Å². The lowest BCUT2D eigenvalue weighted by atomic mass is 10.1. The molecule has 1 atom stereocenters. The second kappa shape index (κ2) is 11.0. The van der Waals surface area contributed by atoms with E-state index in [2.05, 4.69) is 41.0 Å². The van der Waals surface area contributed by atoms with Gasteiger partial charge in [0.2, 0.25) is 5.95 Å². The normalized spacial score (nSPS) is 16.1. The molecule has 10 heteroatoms. The highest BCUT2D eigenvalue weighted by atomic mass is 79.9. The summed E-state index contributed by atoms with van der Waals surface area (Å²) in [5, 5.41) is 16.5. The Kier molecular flexibility index (Phi) is 7.79. The number of carbonyl (C=O) groups excluding carboxylic acids is 1. The lowest BCUT2D eigenvalue weighted by Crippen LogP contribution is -2.45. The molecule has 3 heterocycles. The lowest BCUT2D eigenvalue weighted by Gasteiger charge is -2.33. The maximum Gasteiger partial charge on any atom is 0.206 e. The third kappa shape index (κ3) is 5.82. The van der Waals surface area contributed by atoms with Crippen LogP contribution >= 0.6 is 15.9 Å². The smallest absolute Gasteiger partial charge is 0.206 e. The number of para-hydroxylation sites is 2. The van der Waals surface area contributed by atoms with Crippen LogP contribution in [0.2, 0.25) is 0 Å². The molecule has 1 unspecified atom stereocenters. The minimum atomic E-state index is -1.23. The molecule has 9 nitrogen and oxygen atoms in total. The molecule has 0 aliphatic carbocycles. The van der Waals surface area contributed by atoms with Crippen LogP contribution in [0.4, 0.5) is 10.7 Å². The summed E-state index contributed by atoms with van der Waals surface area (Å²) in [6.07, 6.45) is 0.221. The Labute approximate surface area is 201 Å². The van der Waals surface area contributed by atoms with Crippen molar-refractivity contribution in [1.82, 2.24) is 24.8 Å². The molecule has 1 fully saturated rings. The highest BCUT2D eigenvalue weighted by Gasteiger charge is 2.26. The summed E-state index contributed by atoms with van der Waals surface area (Å²) in [6.45, 7) is 5.33. The first-order valence-electron chi connectivity index (χ1n) is 11.2. The van der Waals surface area contributed by atoms with E-state index in [0.717, 1.165) is 53.2 Å². The lowest BCUT2D eigenvalue weighted by molar-refractivity contribution is -0.250. The van der Waals surface area contributed by atoms with Crippen molar-refractivity contribution in [3.63, 3.8) is 0 Å². The number of pyridine rings is 1. The number of ether oxygens (including phenoxy) is 1. The van der Waals surface area contributed by atoms with Crippen molar-refractivity contribution in [3.8, 4) is 0 Å². The van der Waals surface area contributed by atoms with E-state index in [9.17, 15) is 9.90 Å². The molecular formula is C23H28BrN6O3-. The third-order valence-corrected chi connectivity index (χ3v) is 6.20. The number of carbonyl (C=O) groups is 1. The predicted molar refractivity (Wildman–Crippen MR) is 128 cm³/mol. The predicted octanol–water partition coefficient (Wildman–Crippen LogP) is 2.59. The number of likely N-dealkylation sites (tertiary alicyclic amines) is 1. The van der Waals surface area contributed by atoms with Gasteiger partial charge in [-0.2, -0.15) is 0 Å². The summed E-state index contributed by atoms with van der Waals surface area (Å²) in [7, 11) is 0. The zero-order valence-electron chi connectivity index (χ0n) is 18.5. The van der Waals surface area contributed by atoms with Crippen LogP contribution in [0, 0.1) is 0 Å². The number of aromatic nitrogens is 3. The fraction of sp³-hybridized carbons (Fsp3) is 0.435. The Balaban J connectivity index is 1.55. The molecule has 0 saturated carbocycles. The van der Waals surface area contributed by atoms with E-state index >= 15 is 0 Å². The maximum absolute atomic E-state index is 10.5. The molecule has 0 spiro atoms. The Morgan fingerprint density at radius 2 is 2.00 bits per heavy atom. The van der Waals surface area contributed by atoms with Crippen molar-refractivity contribution in [2.24, 2.45) is 0 Å². The van der Waals surface area contributed by atoms with E-state index in [1.165, 1.54) is 0 Å². The first-order valence-corrected chi connectivity index (χ1v) is 12.0. The summed E-state index contributed by atoms with van der Waals surface area (Å²) < 4.78 is 9.02. The van der Waals surface area contributed by atoms with Crippen LogP contribution in [-0.2, 0) is 4.74 Å². The van der Waals surface area contributed by atoms with Gasteiger partial charge in [0.25, 0.3) is 0 Å². The number of hydrogen-bond acceptors (Lipinski definition) is 7. The highest BCUT2D eigenvalue weighted by Crippen LogP contribution is 2.30. The molecule has 2 aromatic heterocycles. The molecule has 1 saturated heterocycles. The van der Waals surface area contributed by atoms with Crippen molar-refractivity contribution in [2.75, 3.05) is 38.1 Å². The molecular weight excluding hydrogens is 488 g/mol. The number of amides is 1. The van der Waals surface area contributed by atoms with E-state index in [1.54, 1.807) is 0 Å². The Hall–Kier alpha value is -2.69. The monoisotopic (exact) mass is 515 g/mol. The minimum absolute atomic E-state index is 0.253. The molecule has 3 aromatic rings. The maximum atomic E-state index is 10.5. The SMILES string of the molecule is CCOC(c1cccc(Br)n1)n1c(NC2CCN(CCNC(=O)[O-])CC2)nc2ccccc21. The molecule has 4 rings (SSSR count). The number of halogens is 1. The first kappa shape index (κ1) is 23.5. The molecule has 1 aromatic carbocycles. The molecule has 1 amide bonds. The number of carboxylic acid groups (broad SMARTS) is 1. The van der Waals surface area contributed by atoms with Crippen LogP contribution < -0.4 is 15.7 Å². The number of benzene rings is 1. The number of anilines is 1. The van der Waals surface area contributed by atoms with Crippen molar-refractivity contribution in [1.29, 1.82) is 0 Å². The molecule has 1 aliphatic rings. The summed E-state index contributed by atoms with van der Waals surface area (Å²) in [5.41, 5.74) is 2.67. The van der Waals surface area contributed by atoms with Gasteiger partial charge in [-0.15, -0.1) is 0 Å². The van der Waals surface area contributed by atoms with Crippen LogP contribution in [-0.4, -0.2) is 64.4 Å². The molecule has 176 valence electrons. The number of piperidine rings is 1. The largest absolute Gasteiger partial charge is 0.530 e. The van der Waals surface area contributed by atoms with Gasteiger partial charge in [-0.25, -0.2) is 9.97 Å². The second-order valence-electron chi connectivity index (χ2n) is 7.96. The van der Waals surface area contributed by atoms with Crippen LogP contribution in [0.3, 0.4) is 0 Å². The summed E-state index contributed by atoms with van der Waals surface area (Å²) in [6, 6.07) is 14.1. The number of fused-ring (bicyclic) bond motifs is 1. The summed E-state index contributed by atoms with van der Waals surface area (Å²) >= 11 is 3.47. The summed E-state index contributed by atoms with van der Waals surface area (Å²) in [5.74, 6) is 0.758. The van der Waals surface area contributed by atoms with Gasteiger partial charge in [0, 0.05) is 38.8 Å². The van der Waals surface area contributed by atoms with E-state index in [0.29, 0.717) is 19.7 Å². The minimum Gasteiger partial charge on any atom is -0.530 e. The number of rotatable bonds is 9. The van der Waals surface area contributed by atoms with Crippen LogP contribution in [0.15, 0.2) is 47.1 Å². The average Bonchev–Trinajstić information content (AvgIpc) is 3.16. The van der Waals surface area contributed by atoms with Gasteiger partial charge in [0.05, 0.1) is 16.7 Å². The highest BCUT2D eigenvalue weighted by molar-refractivity contribution is 9.10. The number of imidazole rings is 1. The fourth-order valence-corrected chi connectivity index (χ4v) is 4.55. The molecule has 0 radical (unpaired) electrons. The molecule has 1 aliphatic heterocycles. The summed E-state index contributed by atoms with van der Waals surface area (Å²) in [4.78, 5) is 22.3. The standard InChI is InChI=1S/C23H29BrN6O3/c1-2-33-21(18-7-5-9-20(24)27-18)30-19-8-4-3-6-17(19)28-22(30)26-16-10-13-29(14-11-16)15-12-25-23(31)32/h3-9,16,21,25H,2,10-15H2,1H3,(H,26,28)(H,31,32)/p-1. The fourth-order valence-electron chi connectivity index (χ4n) is 4.19. The van der Waals surface area contributed by atoms with Gasteiger partial charge in [0.1, 0.15) is 10.7 Å². The Morgan fingerprint density at radius 1 is 1.21 bits per heavy atom. The van der Waals surface area contributed by atoms with E-state index in [1.807, 2.05) is 49.4 Å². The third-order valence-electron chi connectivity index (χ3n) is 5.76.